The highest BCUT2D eigenvalue weighted by molar-refractivity contribution is 5.86. The standard InChI is InChI=1S/C22H21F3N6O/c1-13(30-10-9-16(26)12-30)15-6-8-19-28-29-21(31(19)11-15)17-7-5-14-3-2-4-18(20(14)27-17)32-22(23,24)25/h2-8,11,13,16H,9-10,12,26H2,1H3/t13-,16-/m0/s1. The molecule has 0 radical (unpaired) electrons. The fraction of sp³-hybridized carbons (Fsp3) is 0.318. The number of likely N-dealkylation sites (tertiary alicyclic amines) is 1. The number of para-hydroxylation sites is 1. The molecule has 0 amide bonds. The number of nitrogens with zero attached hydrogens (tertiary/aromatic N) is 5. The average molecular weight is 442 g/mol. The Balaban J connectivity index is 1.56. The molecule has 2 N–H and O–H groups in total. The summed E-state index contributed by atoms with van der Waals surface area (Å²) in [7, 11) is 0. The van der Waals surface area contributed by atoms with E-state index in [-0.39, 0.29) is 23.3 Å². The molecule has 1 fully saturated rings. The molecule has 2 atom stereocenters. The van der Waals surface area contributed by atoms with Crippen LogP contribution in [-0.2, 0) is 0 Å². The molecular weight excluding hydrogens is 421 g/mol. The Kier molecular flexibility index (Phi) is 4.98. The molecule has 1 aromatic carbocycles. The number of alkyl halides is 3. The monoisotopic (exact) mass is 442 g/mol. The van der Waals surface area contributed by atoms with Crippen molar-refractivity contribution in [2.24, 2.45) is 5.73 Å². The number of rotatable bonds is 4. The van der Waals surface area contributed by atoms with Crippen molar-refractivity contribution >= 4 is 16.6 Å². The molecule has 5 rings (SSSR count). The second kappa shape index (κ2) is 7.72. The Morgan fingerprint density at radius 2 is 1.97 bits per heavy atom. The number of hydrogen-bond donors (Lipinski definition) is 1. The van der Waals surface area contributed by atoms with E-state index in [2.05, 4.69) is 31.7 Å². The number of halogens is 3. The summed E-state index contributed by atoms with van der Waals surface area (Å²) in [6.07, 6.45) is -1.90. The van der Waals surface area contributed by atoms with E-state index >= 15 is 0 Å². The zero-order valence-electron chi connectivity index (χ0n) is 17.3. The van der Waals surface area contributed by atoms with Crippen LogP contribution in [0.4, 0.5) is 13.2 Å². The second-order valence-electron chi connectivity index (χ2n) is 8.01. The second-order valence-corrected chi connectivity index (χ2v) is 8.01. The Morgan fingerprint density at radius 1 is 1.12 bits per heavy atom. The number of pyridine rings is 2. The minimum absolute atomic E-state index is 0.106. The number of nitrogens with two attached hydrogens (primary N) is 1. The van der Waals surface area contributed by atoms with Crippen LogP contribution in [0.3, 0.4) is 0 Å². The first-order chi connectivity index (χ1) is 15.3. The molecule has 1 aliphatic rings. The zero-order chi connectivity index (χ0) is 22.5. The smallest absolute Gasteiger partial charge is 0.403 e. The molecule has 4 heterocycles. The van der Waals surface area contributed by atoms with Crippen LogP contribution in [0.5, 0.6) is 5.75 Å². The van der Waals surface area contributed by atoms with E-state index in [1.165, 1.54) is 12.1 Å². The van der Waals surface area contributed by atoms with E-state index in [0.717, 1.165) is 25.1 Å². The van der Waals surface area contributed by atoms with Crippen LogP contribution in [0.15, 0.2) is 48.7 Å². The minimum atomic E-state index is -4.81. The van der Waals surface area contributed by atoms with Crippen molar-refractivity contribution in [2.45, 2.75) is 31.8 Å². The average Bonchev–Trinajstić information content (AvgIpc) is 3.38. The summed E-state index contributed by atoms with van der Waals surface area (Å²) in [4.78, 5) is 6.76. The van der Waals surface area contributed by atoms with E-state index in [1.807, 2.05) is 22.7 Å². The van der Waals surface area contributed by atoms with Crippen molar-refractivity contribution in [3.8, 4) is 17.3 Å². The topological polar surface area (TPSA) is 81.6 Å². The Hall–Kier alpha value is -3.24. The molecule has 4 aromatic rings. The molecule has 0 bridgehead atoms. The van der Waals surface area contributed by atoms with Crippen LogP contribution in [-0.4, -0.2) is 50.0 Å². The maximum absolute atomic E-state index is 12.8. The quantitative estimate of drug-likeness (QED) is 0.516. The van der Waals surface area contributed by atoms with E-state index in [0.29, 0.717) is 22.6 Å². The number of hydrogen-bond acceptors (Lipinski definition) is 6. The maximum Gasteiger partial charge on any atom is 0.573 e. The first kappa shape index (κ1) is 20.7. The van der Waals surface area contributed by atoms with Crippen molar-refractivity contribution in [2.75, 3.05) is 13.1 Å². The van der Waals surface area contributed by atoms with Crippen molar-refractivity contribution < 1.29 is 17.9 Å². The SMILES string of the molecule is C[C@@H](c1ccc2nnc(-c3ccc4cccc(OC(F)(F)F)c4n3)n2c1)N1CC[C@H](N)C1. The molecule has 3 aromatic heterocycles. The van der Waals surface area contributed by atoms with E-state index in [4.69, 9.17) is 5.73 Å². The highest BCUT2D eigenvalue weighted by atomic mass is 19.4. The minimum Gasteiger partial charge on any atom is -0.403 e. The number of aromatic nitrogens is 4. The fourth-order valence-electron chi connectivity index (χ4n) is 4.16. The van der Waals surface area contributed by atoms with Gasteiger partial charge in [0.2, 0.25) is 0 Å². The summed E-state index contributed by atoms with van der Waals surface area (Å²) in [5, 5.41) is 8.97. The lowest BCUT2D eigenvalue weighted by Gasteiger charge is -2.24. The van der Waals surface area contributed by atoms with Gasteiger partial charge in [0.25, 0.3) is 0 Å². The van der Waals surface area contributed by atoms with Gasteiger partial charge in [-0.1, -0.05) is 24.3 Å². The largest absolute Gasteiger partial charge is 0.573 e. The van der Waals surface area contributed by atoms with Crippen molar-refractivity contribution in [1.29, 1.82) is 0 Å². The van der Waals surface area contributed by atoms with Gasteiger partial charge in [0.05, 0.1) is 0 Å². The molecule has 166 valence electrons. The molecule has 0 saturated carbocycles. The molecule has 0 spiro atoms. The third-order valence-electron chi connectivity index (χ3n) is 5.85. The lowest BCUT2D eigenvalue weighted by molar-refractivity contribution is -0.274. The van der Waals surface area contributed by atoms with Gasteiger partial charge >= 0.3 is 6.36 Å². The molecule has 1 aliphatic heterocycles. The molecule has 0 aliphatic carbocycles. The van der Waals surface area contributed by atoms with E-state index in [9.17, 15) is 13.2 Å². The number of ether oxygens (including phenoxy) is 1. The summed E-state index contributed by atoms with van der Waals surface area (Å²) in [5.74, 6) is 0.0845. The summed E-state index contributed by atoms with van der Waals surface area (Å²) in [6, 6.07) is 12.0. The normalized spacial score (nSPS) is 18.5. The van der Waals surface area contributed by atoms with Gasteiger partial charge in [-0.25, -0.2) is 4.98 Å². The van der Waals surface area contributed by atoms with Gasteiger partial charge in [0, 0.05) is 36.8 Å². The number of fused-ring (bicyclic) bond motifs is 2. The maximum atomic E-state index is 12.8. The first-order valence-electron chi connectivity index (χ1n) is 10.3. The van der Waals surface area contributed by atoms with Crippen molar-refractivity contribution in [3.63, 3.8) is 0 Å². The predicted octanol–water partition coefficient (Wildman–Crippen LogP) is 3.94. The zero-order valence-corrected chi connectivity index (χ0v) is 17.3. The molecule has 0 unspecified atom stereocenters. The Bertz CT molecular complexity index is 1290. The van der Waals surface area contributed by atoms with Gasteiger partial charge in [0.1, 0.15) is 11.2 Å². The lowest BCUT2D eigenvalue weighted by atomic mass is 10.1. The van der Waals surface area contributed by atoms with E-state index in [1.54, 1.807) is 18.2 Å². The third-order valence-corrected chi connectivity index (χ3v) is 5.85. The van der Waals surface area contributed by atoms with Gasteiger partial charge in [0.15, 0.2) is 17.2 Å². The molecule has 7 nitrogen and oxygen atoms in total. The van der Waals surface area contributed by atoms with Crippen molar-refractivity contribution in [3.05, 3.63) is 54.2 Å². The van der Waals surface area contributed by atoms with Crippen LogP contribution in [0, 0.1) is 0 Å². The van der Waals surface area contributed by atoms with Crippen LogP contribution in [0.25, 0.3) is 28.1 Å². The first-order valence-corrected chi connectivity index (χ1v) is 10.3. The van der Waals surface area contributed by atoms with Gasteiger partial charge < -0.3 is 10.5 Å². The highest BCUT2D eigenvalue weighted by Crippen LogP contribution is 2.31. The third kappa shape index (κ3) is 3.87. The fourth-order valence-corrected chi connectivity index (χ4v) is 4.16. The van der Waals surface area contributed by atoms with Crippen LogP contribution < -0.4 is 10.5 Å². The van der Waals surface area contributed by atoms with Gasteiger partial charge in [-0.3, -0.25) is 9.30 Å². The molecule has 1 saturated heterocycles. The lowest BCUT2D eigenvalue weighted by Crippen LogP contribution is -2.28. The summed E-state index contributed by atoms with van der Waals surface area (Å²) in [5.41, 5.74) is 8.25. The number of benzene rings is 1. The molecular formula is C22H21F3N6O. The molecule has 32 heavy (non-hydrogen) atoms. The summed E-state index contributed by atoms with van der Waals surface area (Å²) in [6.45, 7) is 3.89. The Morgan fingerprint density at radius 3 is 2.72 bits per heavy atom. The highest BCUT2D eigenvalue weighted by Gasteiger charge is 2.32. The van der Waals surface area contributed by atoms with Crippen molar-refractivity contribution in [1.82, 2.24) is 24.5 Å². The van der Waals surface area contributed by atoms with E-state index < -0.39 is 6.36 Å². The summed E-state index contributed by atoms with van der Waals surface area (Å²) >= 11 is 0. The van der Waals surface area contributed by atoms with Crippen LogP contribution in [0.2, 0.25) is 0 Å². The summed E-state index contributed by atoms with van der Waals surface area (Å²) < 4.78 is 44.5. The van der Waals surface area contributed by atoms with Gasteiger partial charge in [-0.15, -0.1) is 23.4 Å². The Labute approximate surface area is 181 Å². The van der Waals surface area contributed by atoms with Gasteiger partial charge in [-0.05, 0) is 37.1 Å². The van der Waals surface area contributed by atoms with Crippen LogP contribution in [0.1, 0.15) is 24.9 Å². The van der Waals surface area contributed by atoms with Gasteiger partial charge in [-0.2, -0.15) is 0 Å². The molecule has 10 heteroatoms. The predicted molar refractivity (Wildman–Crippen MR) is 113 cm³/mol. The van der Waals surface area contributed by atoms with Crippen LogP contribution >= 0.6 is 0 Å².